The summed E-state index contributed by atoms with van der Waals surface area (Å²) in [5.41, 5.74) is 16.1. The molecule has 158 valence electrons. The van der Waals surface area contributed by atoms with E-state index < -0.39 is 5.41 Å². The van der Waals surface area contributed by atoms with Crippen molar-refractivity contribution in [2.24, 2.45) is 5.73 Å². The molecule has 1 aliphatic rings. The highest BCUT2D eigenvalue weighted by atomic mass is 16.6. The number of hydroxylamine groups is 1. The van der Waals surface area contributed by atoms with Gasteiger partial charge in [0.15, 0.2) is 0 Å². The van der Waals surface area contributed by atoms with Crippen LogP contribution in [-0.4, -0.2) is 23.9 Å². The van der Waals surface area contributed by atoms with Crippen LogP contribution < -0.4 is 11.2 Å². The second-order valence-corrected chi connectivity index (χ2v) is 7.98. The molecule has 0 aliphatic heterocycles. The molecule has 0 fully saturated rings. The summed E-state index contributed by atoms with van der Waals surface area (Å²) in [5.74, 6) is 1.29. The maximum atomic E-state index is 6.21. The van der Waals surface area contributed by atoms with E-state index in [-0.39, 0.29) is 0 Å². The Balaban J connectivity index is 1.98. The first-order valence-electron chi connectivity index (χ1n) is 10.6. The van der Waals surface area contributed by atoms with Gasteiger partial charge in [-0.15, -0.1) is 10.2 Å². The summed E-state index contributed by atoms with van der Waals surface area (Å²) < 4.78 is 6.21. The van der Waals surface area contributed by atoms with Gasteiger partial charge >= 0.3 is 0 Å². The SMILES string of the molecule is CCc1nnc(C2(CCN)c3ccc(C)cc3CCc3cc(CNOC)ccc32)o1. The molecule has 0 spiro atoms. The van der Waals surface area contributed by atoms with Crippen molar-refractivity contribution in [3.05, 3.63) is 81.6 Å². The molecule has 1 atom stereocenters. The number of aryl methyl sites for hydroxylation is 4. The lowest BCUT2D eigenvalue weighted by Crippen LogP contribution is -2.34. The number of hydrogen-bond acceptors (Lipinski definition) is 6. The molecule has 0 saturated heterocycles. The number of nitrogens with two attached hydrogens (primary N) is 1. The van der Waals surface area contributed by atoms with Crippen LogP contribution in [0.15, 0.2) is 40.8 Å². The first-order valence-corrected chi connectivity index (χ1v) is 10.6. The minimum Gasteiger partial charge on any atom is -0.424 e. The van der Waals surface area contributed by atoms with Crippen LogP contribution in [0.5, 0.6) is 0 Å². The highest BCUT2D eigenvalue weighted by Crippen LogP contribution is 2.46. The topological polar surface area (TPSA) is 86.2 Å². The van der Waals surface area contributed by atoms with E-state index in [0.717, 1.165) is 12.8 Å². The van der Waals surface area contributed by atoms with E-state index in [1.807, 2.05) is 6.92 Å². The highest BCUT2D eigenvalue weighted by molar-refractivity contribution is 5.55. The van der Waals surface area contributed by atoms with Crippen LogP contribution in [0.1, 0.15) is 58.5 Å². The van der Waals surface area contributed by atoms with Crippen molar-refractivity contribution in [2.75, 3.05) is 13.7 Å². The molecule has 3 aromatic rings. The van der Waals surface area contributed by atoms with Gasteiger partial charge in [0.05, 0.1) is 7.11 Å². The zero-order chi connectivity index (χ0) is 21.1. The predicted molar refractivity (Wildman–Crippen MR) is 116 cm³/mol. The molecule has 0 radical (unpaired) electrons. The van der Waals surface area contributed by atoms with Gasteiger partial charge in [-0.25, -0.2) is 0 Å². The Morgan fingerprint density at radius 3 is 2.50 bits per heavy atom. The summed E-state index contributed by atoms with van der Waals surface area (Å²) in [6.07, 6.45) is 3.33. The summed E-state index contributed by atoms with van der Waals surface area (Å²) in [4.78, 5) is 5.04. The normalized spacial score (nSPS) is 18.0. The third-order valence-electron chi connectivity index (χ3n) is 6.09. The van der Waals surface area contributed by atoms with Gasteiger partial charge in [-0.1, -0.05) is 48.9 Å². The molecule has 0 bridgehead atoms. The molecule has 1 aliphatic carbocycles. The standard InChI is InChI=1S/C24H30N4O2/c1-4-22-27-28-23(30-22)24(11-12-25)20-9-5-16(2)13-18(20)7-8-19-14-17(15-26-29-3)6-10-21(19)24/h5-6,9-10,13-14,26H,4,7-8,11-12,15,25H2,1-3H3. The molecule has 3 N–H and O–H groups in total. The molecule has 1 unspecified atom stereocenters. The molecule has 4 rings (SSSR count). The lowest BCUT2D eigenvalue weighted by molar-refractivity contribution is 0.0867. The molecule has 30 heavy (non-hydrogen) atoms. The van der Waals surface area contributed by atoms with Gasteiger partial charge in [0.25, 0.3) is 0 Å². The average Bonchev–Trinajstić information content (AvgIpc) is 3.20. The highest BCUT2D eigenvalue weighted by Gasteiger charge is 2.44. The minimum atomic E-state index is -0.544. The maximum Gasteiger partial charge on any atom is 0.231 e. The molecule has 1 aromatic heterocycles. The minimum absolute atomic E-state index is 0.517. The van der Waals surface area contributed by atoms with Crippen molar-refractivity contribution in [1.29, 1.82) is 0 Å². The van der Waals surface area contributed by atoms with E-state index in [0.29, 0.717) is 37.7 Å². The summed E-state index contributed by atoms with van der Waals surface area (Å²) in [5, 5.41) is 8.84. The van der Waals surface area contributed by atoms with Crippen LogP contribution in [0.25, 0.3) is 0 Å². The number of nitrogens with zero attached hydrogens (tertiary/aromatic N) is 2. The lowest BCUT2D eigenvalue weighted by atomic mass is 9.69. The Morgan fingerprint density at radius 2 is 1.83 bits per heavy atom. The molecular weight excluding hydrogens is 376 g/mol. The molecule has 0 saturated carbocycles. The van der Waals surface area contributed by atoms with Gasteiger partial charge in [-0.3, -0.25) is 0 Å². The number of fused-ring (bicyclic) bond motifs is 2. The van der Waals surface area contributed by atoms with Crippen LogP contribution in [0.2, 0.25) is 0 Å². The van der Waals surface area contributed by atoms with Crippen LogP contribution in [0.4, 0.5) is 0 Å². The fraction of sp³-hybridized carbons (Fsp3) is 0.417. The monoisotopic (exact) mass is 406 g/mol. The fourth-order valence-electron chi connectivity index (χ4n) is 4.69. The Bertz CT molecular complexity index is 1030. The Hall–Kier alpha value is -2.54. The Morgan fingerprint density at radius 1 is 1.10 bits per heavy atom. The van der Waals surface area contributed by atoms with Crippen molar-refractivity contribution in [3.63, 3.8) is 0 Å². The molecule has 1 heterocycles. The zero-order valence-electron chi connectivity index (χ0n) is 18.0. The summed E-state index contributed by atoms with van der Waals surface area (Å²) in [6, 6.07) is 13.3. The number of benzene rings is 2. The maximum absolute atomic E-state index is 6.21. The second-order valence-electron chi connectivity index (χ2n) is 7.98. The van der Waals surface area contributed by atoms with Crippen molar-refractivity contribution < 1.29 is 9.25 Å². The van der Waals surface area contributed by atoms with Crippen LogP contribution in [-0.2, 0) is 36.1 Å². The van der Waals surface area contributed by atoms with Crippen molar-refractivity contribution >= 4 is 0 Å². The van der Waals surface area contributed by atoms with Crippen molar-refractivity contribution in [2.45, 2.75) is 51.5 Å². The van der Waals surface area contributed by atoms with Crippen molar-refractivity contribution in [1.82, 2.24) is 15.7 Å². The third-order valence-corrected chi connectivity index (χ3v) is 6.09. The predicted octanol–water partition coefficient (Wildman–Crippen LogP) is 3.37. The van der Waals surface area contributed by atoms with Gasteiger partial charge in [-0.2, -0.15) is 5.48 Å². The quantitative estimate of drug-likeness (QED) is 0.585. The Kier molecular flexibility index (Phi) is 5.99. The molecule has 2 aromatic carbocycles. The molecule has 6 nitrogen and oxygen atoms in total. The lowest BCUT2D eigenvalue weighted by Gasteiger charge is -2.33. The third kappa shape index (κ3) is 3.55. The van der Waals surface area contributed by atoms with E-state index in [9.17, 15) is 0 Å². The number of nitrogens with one attached hydrogen (secondary N) is 1. The van der Waals surface area contributed by atoms with E-state index in [4.69, 9.17) is 15.0 Å². The molecular formula is C24H30N4O2. The fourth-order valence-corrected chi connectivity index (χ4v) is 4.69. The van der Waals surface area contributed by atoms with Crippen molar-refractivity contribution in [3.8, 4) is 0 Å². The van der Waals surface area contributed by atoms with Gasteiger partial charge in [0.1, 0.15) is 5.41 Å². The molecule has 0 amide bonds. The van der Waals surface area contributed by atoms with Gasteiger partial charge < -0.3 is 15.0 Å². The second kappa shape index (κ2) is 8.68. The van der Waals surface area contributed by atoms with E-state index >= 15 is 0 Å². The van der Waals surface area contributed by atoms with E-state index in [1.54, 1.807) is 7.11 Å². The van der Waals surface area contributed by atoms with Gasteiger partial charge in [0.2, 0.25) is 11.8 Å². The first kappa shape index (κ1) is 20.7. The van der Waals surface area contributed by atoms with Crippen LogP contribution in [0.3, 0.4) is 0 Å². The zero-order valence-corrected chi connectivity index (χ0v) is 18.0. The van der Waals surface area contributed by atoms with E-state index in [2.05, 4.69) is 59.0 Å². The number of aromatic nitrogens is 2. The summed E-state index contributed by atoms with van der Waals surface area (Å²) in [7, 11) is 1.63. The van der Waals surface area contributed by atoms with Gasteiger partial charge in [-0.05, 0) is 60.5 Å². The van der Waals surface area contributed by atoms with Crippen LogP contribution >= 0.6 is 0 Å². The summed E-state index contributed by atoms with van der Waals surface area (Å²) >= 11 is 0. The first-order chi connectivity index (χ1) is 14.6. The average molecular weight is 407 g/mol. The van der Waals surface area contributed by atoms with Crippen LogP contribution in [0, 0.1) is 6.92 Å². The molecule has 6 heteroatoms. The smallest absolute Gasteiger partial charge is 0.231 e. The largest absolute Gasteiger partial charge is 0.424 e. The van der Waals surface area contributed by atoms with E-state index in [1.165, 1.54) is 33.4 Å². The number of hydrogen-bond donors (Lipinski definition) is 2. The van der Waals surface area contributed by atoms with Gasteiger partial charge in [0, 0.05) is 13.0 Å². The summed E-state index contributed by atoms with van der Waals surface area (Å²) in [6.45, 7) is 5.34. The number of rotatable bonds is 7. The Labute approximate surface area is 177 Å².